The van der Waals surface area contributed by atoms with Crippen molar-refractivity contribution in [1.29, 1.82) is 0 Å². The minimum absolute atomic E-state index is 0.130. The normalized spacial score (nSPS) is 9.93. The standard InChI is InChI=1S/C18H18N4O5/c1-2-10-19-18(26)20-15(23)12-27-17(25)14-8-9-16(24)22(21-14)11-13-6-4-3-5-7-13/h2-9H,1,10-12H2,(H2,19,20,23,26). The van der Waals surface area contributed by atoms with Crippen molar-refractivity contribution in [3.8, 4) is 0 Å². The monoisotopic (exact) mass is 370 g/mol. The lowest BCUT2D eigenvalue weighted by atomic mass is 10.2. The summed E-state index contributed by atoms with van der Waals surface area (Å²) in [6.07, 6.45) is 1.44. The molecule has 0 atom stereocenters. The Morgan fingerprint density at radius 1 is 1.15 bits per heavy atom. The van der Waals surface area contributed by atoms with E-state index in [1.54, 1.807) is 0 Å². The molecule has 0 aliphatic rings. The van der Waals surface area contributed by atoms with E-state index < -0.39 is 24.5 Å². The molecule has 140 valence electrons. The maximum absolute atomic E-state index is 12.0. The molecular formula is C18H18N4O5. The summed E-state index contributed by atoms with van der Waals surface area (Å²) < 4.78 is 5.93. The molecule has 0 unspecified atom stereocenters. The molecule has 2 rings (SSSR count). The van der Waals surface area contributed by atoms with E-state index in [1.165, 1.54) is 18.2 Å². The van der Waals surface area contributed by atoms with E-state index in [0.29, 0.717) is 0 Å². The van der Waals surface area contributed by atoms with Crippen LogP contribution in [0.5, 0.6) is 0 Å². The lowest BCUT2D eigenvalue weighted by Gasteiger charge is -2.08. The highest BCUT2D eigenvalue weighted by molar-refractivity contribution is 5.96. The molecule has 0 bridgehead atoms. The van der Waals surface area contributed by atoms with Gasteiger partial charge in [-0.05, 0) is 11.6 Å². The molecular weight excluding hydrogens is 352 g/mol. The number of nitrogens with zero attached hydrogens (tertiary/aromatic N) is 2. The van der Waals surface area contributed by atoms with Gasteiger partial charge in [0.05, 0.1) is 6.54 Å². The lowest BCUT2D eigenvalue weighted by molar-refractivity contribution is -0.123. The van der Waals surface area contributed by atoms with Crippen LogP contribution in [0.2, 0.25) is 0 Å². The Hall–Kier alpha value is -3.75. The van der Waals surface area contributed by atoms with Gasteiger partial charge in [-0.2, -0.15) is 5.10 Å². The predicted molar refractivity (Wildman–Crippen MR) is 96.1 cm³/mol. The van der Waals surface area contributed by atoms with Crippen LogP contribution < -0.4 is 16.2 Å². The molecule has 0 fully saturated rings. The summed E-state index contributed by atoms with van der Waals surface area (Å²) in [5.74, 6) is -1.69. The molecule has 2 N–H and O–H groups in total. The Morgan fingerprint density at radius 3 is 2.59 bits per heavy atom. The molecule has 0 saturated carbocycles. The van der Waals surface area contributed by atoms with Crippen molar-refractivity contribution in [1.82, 2.24) is 20.4 Å². The molecule has 0 aliphatic carbocycles. The molecule has 0 spiro atoms. The van der Waals surface area contributed by atoms with E-state index in [2.05, 4.69) is 17.0 Å². The Bertz CT molecular complexity index is 892. The van der Waals surface area contributed by atoms with Crippen LogP contribution in [0.3, 0.4) is 0 Å². The number of aromatic nitrogens is 2. The van der Waals surface area contributed by atoms with Crippen LogP contribution in [-0.2, 0) is 16.1 Å². The smallest absolute Gasteiger partial charge is 0.359 e. The summed E-state index contributed by atoms with van der Waals surface area (Å²) in [6.45, 7) is 3.12. The molecule has 27 heavy (non-hydrogen) atoms. The third kappa shape index (κ3) is 6.24. The minimum atomic E-state index is -0.890. The van der Waals surface area contributed by atoms with Crippen molar-refractivity contribution >= 4 is 17.9 Å². The van der Waals surface area contributed by atoms with Gasteiger partial charge in [0, 0.05) is 12.6 Å². The fourth-order valence-corrected chi connectivity index (χ4v) is 2.00. The van der Waals surface area contributed by atoms with Gasteiger partial charge in [-0.15, -0.1) is 6.58 Å². The Kier molecular flexibility index (Phi) is 7.00. The van der Waals surface area contributed by atoms with E-state index in [0.717, 1.165) is 10.2 Å². The molecule has 1 aromatic heterocycles. The van der Waals surface area contributed by atoms with Crippen LogP contribution >= 0.6 is 0 Å². The van der Waals surface area contributed by atoms with Crippen LogP contribution in [0.1, 0.15) is 16.1 Å². The predicted octanol–water partition coefficient (Wildman–Crippen LogP) is 0.460. The first-order valence-corrected chi connectivity index (χ1v) is 7.97. The highest BCUT2D eigenvalue weighted by Crippen LogP contribution is 2.01. The fraction of sp³-hybridized carbons (Fsp3) is 0.167. The second-order valence-electron chi connectivity index (χ2n) is 5.32. The van der Waals surface area contributed by atoms with Crippen LogP contribution in [0.25, 0.3) is 0 Å². The number of benzene rings is 1. The van der Waals surface area contributed by atoms with Gasteiger partial charge < -0.3 is 10.1 Å². The van der Waals surface area contributed by atoms with Crippen LogP contribution in [0, 0.1) is 0 Å². The van der Waals surface area contributed by atoms with Crippen LogP contribution in [0.4, 0.5) is 4.79 Å². The van der Waals surface area contributed by atoms with Gasteiger partial charge in [0.15, 0.2) is 12.3 Å². The average Bonchev–Trinajstić information content (AvgIpc) is 2.67. The molecule has 1 heterocycles. The van der Waals surface area contributed by atoms with E-state index in [9.17, 15) is 19.2 Å². The molecule has 9 nitrogen and oxygen atoms in total. The summed E-state index contributed by atoms with van der Waals surface area (Å²) in [5.41, 5.74) is 0.323. The molecule has 1 aromatic carbocycles. The van der Waals surface area contributed by atoms with Crippen molar-refractivity contribution < 1.29 is 19.1 Å². The quantitative estimate of drug-likeness (QED) is 0.540. The summed E-state index contributed by atoms with van der Waals surface area (Å²) in [7, 11) is 0. The second-order valence-corrected chi connectivity index (χ2v) is 5.32. The zero-order valence-electron chi connectivity index (χ0n) is 14.4. The molecule has 0 saturated heterocycles. The number of carbonyl (C=O) groups is 3. The van der Waals surface area contributed by atoms with Crippen molar-refractivity contribution in [3.63, 3.8) is 0 Å². The zero-order valence-corrected chi connectivity index (χ0v) is 14.4. The van der Waals surface area contributed by atoms with Crippen molar-refractivity contribution in [2.24, 2.45) is 0 Å². The number of rotatable bonds is 7. The Morgan fingerprint density at radius 2 is 1.89 bits per heavy atom. The lowest BCUT2D eigenvalue weighted by Crippen LogP contribution is -2.41. The number of amides is 3. The molecule has 0 aliphatic heterocycles. The maximum atomic E-state index is 12.0. The highest BCUT2D eigenvalue weighted by atomic mass is 16.5. The average molecular weight is 370 g/mol. The first kappa shape index (κ1) is 19.6. The van der Waals surface area contributed by atoms with E-state index >= 15 is 0 Å². The Labute approximate surface area is 154 Å². The number of esters is 1. The third-order valence-corrected chi connectivity index (χ3v) is 3.25. The Balaban J connectivity index is 1.95. The molecule has 3 amide bonds. The molecule has 0 radical (unpaired) electrons. The van der Waals surface area contributed by atoms with Gasteiger partial charge in [-0.3, -0.25) is 14.9 Å². The topological polar surface area (TPSA) is 119 Å². The van der Waals surface area contributed by atoms with Gasteiger partial charge in [-0.25, -0.2) is 14.3 Å². The van der Waals surface area contributed by atoms with E-state index in [4.69, 9.17) is 4.74 Å². The van der Waals surface area contributed by atoms with Crippen molar-refractivity contribution in [2.45, 2.75) is 6.54 Å². The molecule has 9 heteroatoms. The van der Waals surface area contributed by atoms with Gasteiger partial charge in [0.2, 0.25) is 0 Å². The second kappa shape index (κ2) is 9.66. The highest BCUT2D eigenvalue weighted by Gasteiger charge is 2.14. The number of hydrogen-bond donors (Lipinski definition) is 2. The molecule has 2 aromatic rings. The van der Waals surface area contributed by atoms with E-state index in [1.807, 2.05) is 35.6 Å². The minimum Gasteiger partial charge on any atom is -0.451 e. The van der Waals surface area contributed by atoms with E-state index in [-0.39, 0.29) is 24.3 Å². The van der Waals surface area contributed by atoms with Crippen molar-refractivity contribution in [2.75, 3.05) is 13.2 Å². The third-order valence-electron chi connectivity index (χ3n) is 3.25. The van der Waals surface area contributed by atoms with Gasteiger partial charge in [0.25, 0.3) is 11.5 Å². The number of nitrogens with one attached hydrogen (secondary N) is 2. The first-order valence-electron chi connectivity index (χ1n) is 7.97. The number of hydrogen-bond acceptors (Lipinski definition) is 6. The van der Waals surface area contributed by atoms with Crippen LogP contribution in [-0.4, -0.2) is 40.8 Å². The largest absolute Gasteiger partial charge is 0.451 e. The number of urea groups is 1. The summed E-state index contributed by atoms with van der Waals surface area (Å²) in [4.78, 5) is 46.8. The zero-order chi connectivity index (χ0) is 19.6. The maximum Gasteiger partial charge on any atom is 0.359 e. The number of ether oxygens (including phenoxy) is 1. The van der Waals surface area contributed by atoms with Crippen LogP contribution in [0.15, 0.2) is 59.9 Å². The summed E-state index contributed by atoms with van der Waals surface area (Å²) in [5, 5.41) is 8.28. The summed E-state index contributed by atoms with van der Waals surface area (Å²) >= 11 is 0. The van der Waals surface area contributed by atoms with Gasteiger partial charge in [-0.1, -0.05) is 36.4 Å². The fourth-order valence-electron chi connectivity index (χ4n) is 2.00. The SMILES string of the molecule is C=CCNC(=O)NC(=O)COC(=O)c1ccc(=O)n(Cc2ccccc2)n1. The summed E-state index contributed by atoms with van der Waals surface area (Å²) in [6, 6.07) is 10.8. The number of imide groups is 1. The first-order chi connectivity index (χ1) is 13.0. The van der Waals surface area contributed by atoms with Gasteiger partial charge >= 0.3 is 12.0 Å². The van der Waals surface area contributed by atoms with Crippen molar-refractivity contribution in [3.05, 3.63) is 76.7 Å². The number of carbonyl (C=O) groups excluding carboxylic acids is 3. The van der Waals surface area contributed by atoms with Gasteiger partial charge in [0.1, 0.15) is 0 Å².